The average molecular weight is 273 g/mol. The maximum atomic E-state index is 11.9. The van der Waals surface area contributed by atoms with E-state index in [0.29, 0.717) is 6.42 Å². The van der Waals surface area contributed by atoms with Gasteiger partial charge in [-0.3, -0.25) is 4.79 Å². The Morgan fingerprint density at radius 2 is 2.00 bits per heavy atom. The minimum atomic E-state index is 0.240. The largest absolute Gasteiger partial charge is 0.302 e. The number of nitrogens with zero attached hydrogens (tertiary/aromatic N) is 1. The maximum absolute atomic E-state index is 11.9. The fourth-order valence-corrected chi connectivity index (χ4v) is 2.71. The Morgan fingerprint density at radius 3 is 2.68 bits per heavy atom. The van der Waals surface area contributed by atoms with E-state index in [1.54, 1.807) is 11.3 Å². The third kappa shape index (κ3) is 4.62. The number of carbonyl (C=O) groups excluding carboxylic acids is 1. The summed E-state index contributed by atoms with van der Waals surface area (Å²) >= 11 is 1.73. The summed E-state index contributed by atoms with van der Waals surface area (Å²) < 4.78 is 0. The first kappa shape index (κ1) is 14.0. The van der Waals surface area contributed by atoms with Gasteiger partial charge >= 0.3 is 0 Å². The summed E-state index contributed by atoms with van der Waals surface area (Å²) in [5.74, 6) is 0.240. The van der Waals surface area contributed by atoms with Gasteiger partial charge in [-0.25, -0.2) is 0 Å². The number of ketones is 1. The highest BCUT2D eigenvalue weighted by atomic mass is 32.1. The highest BCUT2D eigenvalue weighted by molar-refractivity contribution is 7.07. The second kappa shape index (κ2) is 7.22. The van der Waals surface area contributed by atoms with Crippen molar-refractivity contribution in [3.63, 3.8) is 0 Å². The van der Waals surface area contributed by atoms with Gasteiger partial charge in [-0.15, -0.1) is 0 Å². The van der Waals surface area contributed by atoms with Crippen molar-refractivity contribution in [2.45, 2.75) is 19.4 Å². The van der Waals surface area contributed by atoms with Crippen LogP contribution in [0.5, 0.6) is 0 Å². The molecule has 0 spiro atoms. The Kier molecular flexibility index (Phi) is 5.31. The molecule has 0 fully saturated rings. The van der Waals surface area contributed by atoms with Gasteiger partial charge in [-0.05, 0) is 42.4 Å². The lowest BCUT2D eigenvalue weighted by Crippen LogP contribution is -2.19. The first-order valence-corrected chi connectivity index (χ1v) is 7.48. The van der Waals surface area contributed by atoms with E-state index in [-0.39, 0.29) is 5.78 Å². The van der Waals surface area contributed by atoms with E-state index in [1.165, 1.54) is 5.56 Å². The molecule has 19 heavy (non-hydrogen) atoms. The monoisotopic (exact) mass is 273 g/mol. The molecule has 1 heterocycles. The molecule has 0 amide bonds. The quantitative estimate of drug-likeness (QED) is 0.714. The predicted molar refractivity (Wildman–Crippen MR) is 80.7 cm³/mol. The molecule has 2 aromatic rings. The van der Waals surface area contributed by atoms with Gasteiger partial charge in [0.05, 0.1) is 0 Å². The molecule has 0 bridgehead atoms. The Labute approximate surface area is 118 Å². The SMILES string of the molecule is CN(CCCC(=O)c1ccccc1)Cc1ccsc1. The van der Waals surface area contributed by atoms with Crippen LogP contribution in [0.4, 0.5) is 0 Å². The zero-order valence-electron chi connectivity index (χ0n) is 11.2. The topological polar surface area (TPSA) is 20.3 Å². The summed E-state index contributed by atoms with van der Waals surface area (Å²) in [4.78, 5) is 14.2. The molecule has 0 radical (unpaired) electrons. The van der Waals surface area contributed by atoms with Crippen LogP contribution in [0.15, 0.2) is 47.2 Å². The Bertz CT molecular complexity index is 493. The van der Waals surface area contributed by atoms with Crippen molar-refractivity contribution in [1.29, 1.82) is 0 Å². The molecule has 0 aliphatic rings. The third-order valence-electron chi connectivity index (χ3n) is 3.07. The van der Waals surface area contributed by atoms with Crippen LogP contribution in [-0.4, -0.2) is 24.3 Å². The molecule has 2 rings (SSSR count). The van der Waals surface area contributed by atoms with Crippen LogP contribution < -0.4 is 0 Å². The van der Waals surface area contributed by atoms with E-state index in [9.17, 15) is 4.79 Å². The standard InChI is InChI=1S/C16H19NOS/c1-17(12-14-9-11-19-13-14)10-5-8-16(18)15-6-3-2-4-7-15/h2-4,6-7,9,11,13H,5,8,10,12H2,1H3. The minimum Gasteiger partial charge on any atom is -0.302 e. The smallest absolute Gasteiger partial charge is 0.162 e. The van der Waals surface area contributed by atoms with E-state index in [4.69, 9.17) is 0 Å². The fraction of sp³-hybridized carbons (Fsp3) is 0.312. The van der Waals surface area contributed by atoms with Crippen molar-refractivity contribution >= 4 is 17.1 Å². The van der Waals surface area contributed by atoms with Crippen molar-refractivity contribution in [2.75, 3.05) is 13.6 Å². The lowest BCUT2D eigenvalue weighted by atomic mass is 10.1. The van der Waals surface area contributed by atoms with E-state index in [1.807, 2.05) is 30.3 Å². The number of carbonyl (C=O) groups is 1. The van der Waals surface area contributed by atoms with E-state index >= 15 is 0 Å². The molecule has 0 aliphatic carbocycles. The van der Waals surface area contributed by atoms with E-state index in [2.05, 4.69) is 28.8 Å². The molecule has 3 heteroatoms. The van der Waals surface area contributed by atoms with Crippen LogP contribution in [0.1, 0.15) is 28.8 Å². The highest BCUT2D eigenvalue weighted by Gasteiger charge is 2.06. The number of hydrogen-bond acceptors (Lipinski definition) is 3. The first-order valence-electron chi connectivity index (χ1n) is 6.53. The predicted octanol–water partition coefficient (Wildman–Crippen LogP) is 3.84. The van der Waals surface area contributed by atoms with Gasteiger partial charge in [0, 0.05) is 18.5 Å². The van der Waals surface area contributed by atoms with Gasteiger partial charge in [0.2, 0.25) is 0 Å². The van der Waals surface area contributed by atoms with Gasteiger partial charge in [0.1, 0.15) is 0 Å². The Balaban J connectivity index is 1.70. The first-order chi connectivity index (χ1) is 9.25. The molecule has 0 N–H and O–H groups in total. The van der Waals surface area contributed by atoms with Crippen molar-refractivity contribution in [1.82, 2.24) is 4.90 Å². The molecule has 0 aliphatic heterocycles. The second-order valence-corrected chi connectivity index (χ2v) is 5.54. The summed E-state index contributed by atoms with van der Waals surface area (Å²) in [6.07, 6.45) is 1.53. The number of hydrogen-bond donors (Lipinski definition) is 0. The fourth-order valence-electron chi connectivity index (χ4n) is 2.05. The summed E-state index contributed by atoms with van der Waals surface area (Å²) in [5.41, 5.74) is 2.17. The van der Waals surface area contributed by atoms with Gasteiger partial charge in [0.25, 0.3) is 0 Å². The molecule has 1 aromatic heterocycles. The summed E-state index contributed by atoms with van der Waals surface area (Å²) in [6.45, 7) is 1.91. The van der Waals surface area contributed by atoms with Gasteiger partial charge in [-0.1, -0.05) is 30.3 Å². The number of rotatable bonds is 7. The van der Waals surface area contributed by atoms with Crippen molar-refractivity contribution < 1.29 is 4.79 Å². The van der Waals surface area contributed by atoms with E-state index in [0.717, 1.165) is 25.1 Å². The maximum Gasteiger partial charge on any atom is 0.162 e. The molecule has 0 atom stereocenters. The molecular formula is C16H19NOS. The number of thiophene rings is 1. The molecule has 0 saturated heterocycles. The average Bonchev–Trinajstić information content (AvgIpc) is 2.92. The molecule has 0 saturated carbocycles. The molecule has 2 nitrogen and oxygen atoms in total. The Hall–Kier alpha value is -1.45. The van der Waals surface area contributed by atoms with Crippen LogP contribution in [0, 0.1) is 0 Å². The third-order valence-corrected chi connectivity index (χ3v) is 3.80. The number of benzene rings is 1. The van der Waals surface area contributed by atoms with Gasteiger partial charge < -0.3 is 4.90 Å². The zero-order chi connectivity index (χ0) is 13.5. The summed E-state index contributed by atoms with van der Waals surface area (Å²) in [7, 11) is 2.10. The summed E-state index contributed by atoms with van der Waals surface area (Å²) in [6, 6.07) is 11.7. The zero-order valence-corrected chi connectivity index (χ0v) is 12.0. The minimum absolute atomic E-state index is 0.240. The number of Topliss-reactive ketones (excluding diaryl/α,β-unsaturated/α-hetero) is 1. The molecule has 1 aromatic carbocycles. The Morgan fingerprint density at radius 1 is 1.21 bits per heavy atom. The van der Waals surface area contributed by atoms with Crippen molar-refractivity contribution in [3.05, 3.63) is 58.3 Å². The van der Waals surface area contributed by atoms with Crippen molar-refractivity contribution in [3.8, 4) is 0 Å². The van der Waals surface area contributed by atoms with Crippen LogP contribution in [0.25, 0.3) is 0 Å². The normalized spacial score (nSPS) is 10.8. The van der Waals surface area contributed by atoms with Gasteiger partial charge in [-0.2, -0.15) is 11.3 Å². The lowest BCUT2D eigenvalue weighted by molar-refractivity contribution is 0.0976. The van der Waals surface area contributed by atoms with Gasteiger partial charge in [0.15, 0.2) is 5.78 Å². The van der Waals surface area contributed by atoms with E-state index < -0.39 is 0 Å². The van der Waals surface area contributed by atoms with Crippen molar-refractivity contribution in [2.24, 2.45) is 0 Å². The molecular weight excluding hydrogens is 254 g/mol. The summed E-state index contributed by atoms with van der Waals surface area (Å²) in [5, 5.41) is 4.27. The second-order valence-electron chi connectivity index (χ2n) is 4.76. The van der Waals surface area contributed by atoms with Crippen LogP contribution >= 0.6 is 11.3 Å². The van der Waals surface area contributed by atoms with Crippen LogP contribution in [0.2, 0.25) is 0 Å². The molecule has 100 valence electrons. The highest BCUT2D eigenvalue weighted by Crippen LogP contribution is 2.10. The van der Waals surface area contributed by atoms with Crippen LogP contribution in [-0.2, 0) is 6.54 Å². The van der Waals surface area contributed by atoms with Crippen LogP contribution in [0.3, 0.4) is 0 Å². The molecule has 0 unspecified atom stereocenters. The lowest BCUT2D eigenvalue weighted by Gasteiger charge is -2.15.